The van der Waals surface area contributed by atoms with Crippen molar-refractivity contribution < 1.29 is 0 Å². The number of fused-ring (bicyclic) bond motifs is 6. The van der Waals surface area contributed by atoms with Gasteiger partial charge in [0.1, 0.15) is 0 Å². The third kappa shape index (κ3) is 5.59. The van der Waals surface area contributed by atoms with Gasteiger partial charge in [0.2, 0.25) is 0 Å². The van der Waals surface area contributed by atoms with E-state index in [2.05, 4.69) is 169 Å². The summed E-state index contributed by atoms with van der Waals surface area (Å²) in [5.41, 5.74) is 16.0. The third-order valence-electron chi connectivity index (χ3n) is 13.7. The molecule has 0 N–H and O–H groups in total. The molecule has 8 aromatic carbocycles. The highest BCUT2D eigenvalue weighted by atomic mass is 15.1. The summed E-state index contributed by atoms with van der Waals surface area (Å²) in [5.74, 6) is 0. The normalized spacial score (nSPS) is 16.3. The largest absolute Gasteiger partial charge is 0.372 e. The Bertz CT molecular complexity index is 2840. The molecule has 1 aliphatic carbocycles. The summed E-state index contributed by atoms with van der Waals surface area (Å²) < 4.78 is 0. The van der Waals surface area contributed by atoms with Crippen molar-refractivity contribution in [3.63, 3.8) is 0 Å². The van der Waals surface area contributed by atoms with Crippen molar-refractivity contribution in [3.05, 3.63) is 157 Å². The van der Waals surface area contributed by atoms with Crippen LogP contribution in [0, 0.1) is 0 Å². The molecule has 0 bridgehead atoms. The van der Waals surface area contributed by atoms with E-state index in [-0.39, 0.29) is 5.41 Å². The Morgan fingerprint density at radius 1 is 0.368 bits per heavy atom. The van der Waals surface area contributed by atoms with Gasteiger partial charge in [-0.25, -0.2) is 0 Å². The number of rotatable bonds is 5. The van der Waals surface area contributed by atoms with Crippen LogP contribution in [0.25, 0.3) is 76.8 Å². The van der Waals surface area contributed by atoms with E-state index in [1.807, 2.05) is 0 Å². The molecule has 0 radical (unpaired) electrons. The monoisotopic (exact) mass is 738 g/mol. The number of hydrogen-bond donors (Lipinski definition) is 0. The van der Waals surface area contributed by atoms with E-state index in [1.54, 1.807) is 0 Å². The van der Waals surface area contributed by atoms with Crippen LogP contribution in [0.4, 0.5) is 11.4 Å². The summed E-state index contributed by atoms with van der Waals surface area (Å²) in [6.45, 7) is 9.29. The summed E-state index contributed by atoms with van der Waals surface area (Å²) in [6, 6.07) is 56.1. The molecule has 2 fully saturated rings. The van der Waals surface area contributed by atoms with Crippen LogP contribution in [0.1, 0.15) is 63.5 Å². The molecule has 0 spiro atoms. The molecule has 2 heteroatoms. The maximum atomic E-state index is 2.63. The molecule has 2 nitrogen and oxygen atoms in total. The van der Waals surface area contributed by atoms with E-state index in [4.69, 9.17) is 0 Å². The number of hydrogen-bond acceptors (Lipinski definition) is 2. The highest BCUT2D eigenvalue weighted by Gasteiger charge is 2.35. The first kappa shape index (κ1) is 34.4. The lowest BCUT2D eigenvalue weighted by Crippen LogP contribution is -2.29. The van der Waals surface area contributed by atoms with Gasteiger partial charge in [-0.05, 0) is 157 Å². The van der Waals surface area contributed by atoms with Crippen LogP contribution < -0.4 is 9.80 Å². The second kappa shape index (κ2) is 13.7. The first-order chi connectivity index (χ1) is 28.0. The molecule has 0 atom stereocenters. The third-order valence-corrected chi connectivity index (χ3v) is 13.7. The summed E-state index contributed by atoms with van der Waals surface area (Å²) in [5, 5.41) is 7.89. The van der Waals surface area contributed by atoms with Gasteiger partial charge in [0, 0.05) is 43.0 Å². The molecule has 2 saturated heterocycles. The summed E-state index contributed by atoms with van der Waals surface area (Å²) in [4.78, 5) is 5.25. The minimum atomic E-state index is -0.0781. The van der Waals surface area contributed by atoms with Crippen LogP contribution in [0.15, 0.2) is 146 Å². The number of nitrogens with zero attached hydrogens (tertiary/aromatic N) is 2. The quantitative estimate of drug-likeness (QED) is 0.162. The molecule has 280 valence electrons. The predicted molar refractivity (Wildman–Crippen MR) is 245 cm³/mol. The fraction of sp³-hybridized carbons (Fsp3) is 0.236. The highest BCUT2D eigenvalue weighted by Crippen LogP contribution is 2.52. The van der Waals surface area contributed by atoms with Crippen molar-refractivity contribution >= 4 is 43.7 Å². The smallest absolute Gasteiger partial charge is 0.0372 e. The van der Waals surface area contributed by atoms with E-state index < -0.39 is 0 Å². The van der Waals surface area contributed by atoms with Crippen molar-refractivity contribution in [1.82, 2.24) is 0 Å². The molecule has 57 heavy (non-hydrogen) atoms. The maximum absolute atomic E-state index is 2.63. The van der Waals surface area contributed by atoms with Crippen molar-refractivity contribution in [1.29, 1.82) is 0 Å². The summed E-state index contributed by atoms with van der Waals surface area (Å²) in [7, 11) is 0. The molecule has 0 saturated carbocycles. The predicted octanol–water partition coefficient (Wildman–Crippen LogP) is 14.4. The van der Waals surface area contributed by atoms with Crippen LogP contribution in [0.3, 0.4) is 0 Å². The topological polar surface area (TPSA) is 6.48 Å². The lowest BCUT2D eigenvalue weighted by atomic mass is 9.80. The minimum absolute atomic E-state index is 0.0781. The van der Waals surface area contributed by atoms with E-state index in [0.29, 0.717) is 0 Å². The van der Waals surface area contributed by atoms with Crippen molar-refractivity contribution in [2.24, 2.45) is 0 Å². The summed E-state index contributed by atoms with van der Waals surface area (Å²) in [6.07, 6.45) is 7.66. The maximum Gasteiger partial charge on any atom is 0.0372 e. The zero-order valence-electron chi connectivity index (χ0n) is 33.3. The first-order valence-electron chi connectivity index (χ1n) is 21.4. The second-order valence-electron chi connectivity index (χ2n) is 17.3. The van der Waals surface area contributed by atoms with Crippen LogP contribution in [-0.2, 0) is 5.41 Å². The molecule has 0 unspecified atom stereocenters. The Morgan fingerprint density at radius 2 is 0.912 bits per heavy atom. The van der Waals surface area contributed by atoms with Crippen molar-refractivity contribution in [2.45, 2.75) is 57.8 Å². The van der Waals surface area contributed by atoms with Crippen LogP contribution >= 0.6 is 0 Å². The van der Waals surface area contributed by atoms with E-state index in [9.17, 15) is 0 Å². The van der Waals surface area contributed by atoms with Gasteiger partial charge in [-0.15, -0.1) is 0 Å². The SMILES string of the molecule is CC1(C)c2ccccc2-c2ccc(-c3c4cc(N5CCCCC5)ccc4c(-c4ccccc4-c4cccc5ccccc45)c4cc(N5CCCCC5)ccc34)cc21. The zero-order valence-corrected chi connectivity index (χ0v) is 33.3. The van der Waals surface area contributed by atoms with Crippen LogP contribution in [0.5, 0.6) is 0 Å². The molecule has 3 aliphatic rings. The van der Waals surface area contributed by atoms with Crippen molar-refractivity contribution in [2.75, 3.05) is 36.0 Å². The second-order valence-corrected chi connectivity index (χ2v) is 17.3. The molecular formula is C55H50N2. The lowest BCUT2D eigenvalue weighted by Gasteiger charge is -2.31. The van der Waals surface area contributed by atoms with Crippen LogP contribution in [-0.4, -0.2) is 26.2 Å². The van der Waals surface area contributed by atoms with Gasteiger partial charge < -0.3 is 9.80 Å². The molecule has 2 heterocycles. The molecule has 0 amide bonds. The number of anilines is 2. The zero-order chi connectivity index (χ0) is 38.1. The molecular weight excluding hydrogens is 689 g/mol. The van der Waals surface area contributed by atoms with Gasteiger partial charge in [-0.2, -0.15) is 0 Å². The van der Waals surface area contributed by atoms with Gasteiger partial charge in [0.05, 0.1) is 0 Å². The van der Waals surface area contributed by atoms with Gasteiger partial charge >= 0.3 is 0 Å². The van der Waals surface area contributed by atoms with Gasteiger partial charge in [-0.1, -0.05) is 129 Å². The van der Waals surface area contributed by atoms with Crippen LogP contribution in [0.2, 0.25) is 0 Å². The standard InChI is InChI=1S/C55H50N2/c1-55(2)51-23-10-9-20-44(51)45-27-24-38(34-52(45)55)53-47-28-25-40(57-32-13-4-14-33-57)36-50(47)54(48-29-26-39(35-49(48)53)56-30-11-3-12-31-56)46-21-8-7-19-43(46)42-22-15-17-37-16-5-6-18-41(37)42/h5-10,15-29,34-36H,3-4,11-14,30-33H2,1-2H3. The Labute approximate surface area is 337 Å². The number of benzene rings is 8. The van der Waals surface area contributed by atoms with E-state index in [0.717, 1.165) is 26.2 Å². The average Bonchev–Trinajstić information content (AvgIpc) is 3.50. The number of piperidine rings is 2. The highest BCUT2D eigenvalue weighted by molar-refractivity contribution is 6.24. The van der Waals surface area contributed by atoms with E-state index in [1.165, 1.54) is 138 Å². The Hall–Kier alpha value is -5.86. The summed E-state index contributed by atoms with van der Waals surface area (Å²) >= 11 is 0. The minimum Gasteiger partial charge on any atom is -0.372 e. The Kier molecular flexibility index (Phi) is 8.24. The fourth-order valence-corrected chi connectivity index (χ4v) is 10.8. The molecule has 2 aliphatic heterocycles. The van der Waals surface area contributed by atoms with Gasteiger partial charge in [0.15, 0.2) is 0 Å². The van der Waals surface area contributed by atoms with Gasteiger partial charge in [-0.3, -0.25) is 0 Å². The molecule has 0 aromatic heterocycles. The fourth-order valence-electron chi connectivity index (χ4n) is 10.8. The Morgan fingerprint density at radius 3 is 1.63 bits per heavy atom. The lowest BCUT2D eigenvalue weighted by molar-refractivity contribution is 0.578. The molecule has 8 aromatic rings. The average molecular weight is 739 g/mol. The Balaban J connectivity index is 1.24. The van der Waals surface area contributed by atoms with Crippen molar-refractivity contribution in [3.8, 4) is 44.5 Å². The molecule has 11 rings (SSSR count). The van der Waals surface area contributed by atoms with E-state index >= 15 is 0 Å². The van der Waals surface area contributed by atoms with Gasteiger partial charge in [0.25, 0.3) is 0 Å². The first-order valence-corrected chi connectivity index (χ1v) is 21.4.